The van der Waals surface area contributed by atoms with Gasteiger partial charge in [-0.1, -0.05) is 39.1 Å². The van der Waals surface area contributed by atoms with E-state index >= 15 is 0 Å². The number of H-pyrrole nitrogens is 1. The number of hydrogen-bond acceptors (Lipinski definition) is 2. The molecule has 0 saturated carbocycles. The Balaban J connectivity index is 2.84. The van der Waals surface area contributed by atoms with E-state index < -0.39 is 11.2 Å². The number of halogens is 3. The van der Waals surface area contributed by atoms with Crippen molar-refractivity contribution in [1.82, 2.24) is 9.55 Å². The molecule has 1 aromatic heterocycles. The van der Waals surface area contributed by atoms with Crippen molar-refractivity contribution >= 4 is 39.1 Å². The molecule has 0 aliphatic carbocycles. The molecule has 0 aliphatic heterocycles. The number of hydrogen-bond donors (Lipinski definition) is 1. The normalized spacial score (nSPS) is 10.7. The predicted molar refractivity (Wildman–Crippen MR) is 75.1 cm³/mol. The lowest BCUT2D eigenvalue weighted by Gasteiger charge is -2.08. The maximum absolute atomic E-state index is 12.0. The zero-order valence-corrected chi connectivity index (χ0v) is 12.2. The van der Waals surface area contributed by atoms with E-state index in [1.807, 2.05) is 0 Å². The first kappa shape index (κ1) is 13.4. The highest BCUT2D eigenvalue weighted by atomic mass is 79.9. The number of benzene rings is 1. The molecule has 0 fully saturated rings. The van der Waals surface area contributed by atoms with Crippen molar-refractivity contribution in [3.63, 3.8) is 0 Å². The van der Waals surface area contributed by atoms with E-state index in [0.717, 1.165) is 9.04 Å². The minimum absolute atomic E-state index is 0.0366. The molecule has 2 rings (SSSR count). The molecule has 0 bridgehead atoms. The van der Waals surface area contributed by atoms with Crippen molar-refractivity contribution in [2.24, 2.45) is 0 Å². The molecular weight excluding hydrogens is 343 g/mol. The third-order valence-corrected chi connectivity index (χ3v) is 3.60. The summed E-state index contributed by atoms with van der Waals surface area (Å²) in [7, 11) is 0. The molecule has 0 unspecified atom stereocenters. The van der Waals surface area contributed by atoms with Crippen LogP contribution in [0.15, 0.2) is 32.3 Å². The van der Waals surface area contributed by atoms with E-state index in [-0.39, 0.29) is 10.7 Å². The Kier molecular flexibility index (Phi) is 3.66. The fourth-order valence-electron chi connectivity index (χ4n) is 1.48. The first-order chi connectivity index (χ1) is 8.41. The van der Waals surface area contributed by atoms with E-state index in [9.17, 15) is 9.59 Å². The van der Waals surface area contributed by atoms with Crippen molar-refractivity contribution in [1.29, 1.82) is 0 Å². The van der Waals surface area contributed by atoms with Gasteiger partial charge in [0.05, 0.1) is 16.3 Å². The van der Waals surface area contributed by atoms with Gasteiger partial charge in [-0.2, -0.15) is 0 Å². The Labute approximate surface area is 120 Å². The van der Waals surface area contributed by atoms with E-state index in [1.54, 1.807) is 18.2 Å². The molecule has 1 heterocycles. The van der Waals surface area contributed by atoms with Gasteiger partial charge in [0.15, 0.2) is 0 Å². The molecule has 18 heavy (non-hydrogen) atoms. The lowest BCUT2D eigenvalue weighted by atomic mass is 10.3. The molecular formula is C11H7BrCl2N2O2. The molecule has 0 atom stereocenters. The summed E-state index contributed by atoms with van der Waals surface area (Å²) in [6, 6.07) is 4.88. The SMILES string of the molecule is Cc1c(Cl)[nH]c(=O)n(-c2ccc(Br)cc2Cl)c1=O. The van der Waals surface area contributed by atoms with Crippen LogP contribution in [0.5, 0.6) is 0 Å². The molecule has 4 nitrogen and oxygen atoms in total. The Morgan fingerprint density at radius 2 is 1.94 bits per heavy atom. The smallest absolute Gasteiger partial charge is 0.297 e. The Morgan fingerprint density at radius 1 is 1.28 bits per heavy atom. The van der Waals surface area contributed by atoms with Gasteiger partial charge in [-0.05, 0) is 25.1 Å². The van der Waals surface area contributed by atoms with Crippen LogP contribution in [0.2, 0.25) is 10.2 Å². The summed E-state index contributed by atoms with van der Waals surface area (Å²) in [6.07, 6.45) is 0. The summed E-state index contributed by atoms with van der Waals surface area (Å²) < 4.78 is 1.71. The highest BCUT2D eigenvalue weighted by Crippen LogP contribution is 2.23. The monoisotopic (exact) mass is 348 g/mol. The Morgan fingerprint density at radius 3 is 2.56 bits per heavy atom. The van der Waals surface area contributed by atoms with E-state index in [0.29, 0.717) is 10.7 Å². The van der Waals surface area contributed by atoms with Crippen molar-refractivity contribution in [3.05, 3.63) is 59.2 Å². The third-order valence-electron chi connectivity index (χ3n) is 2.42. The Hall–Kier alpha value is -1.04. The van der Waals surface area contributed by atoms with Crippen LogP contribution in [0.1, 0.15) is 5.56 Å². The van der Waals surface area contributed by atoms with Crippen LogP contribution in [-0.2, 0) is 0 Å². The van der Waals surface area contributed by atoms with Gasteiger partial charge in [0, 0.05) is 4.47 Å². The Bertz CT molecular complexity index is 737. The summed E-state index contributed by atoms with van der Waals surface area (Å²) in [5, 5.41) is 0.327. The van der Waals surface area contributed by atoms with Gasteiger partial charge in [-0.25, -0.2) is 9.36 Å². The fourth-order valence-corrected chi connectivity index (χ4v) is 2.40. The van der Waals surface area contributed by atoms with E-state index in [2.05, 4.69) is 20.9 Å². The first-order valence-electron chi connectivity index (χ1n) is 4.88. The van der Waals surface area contributed by atoms with Crippen LogP contribution in [0.3, 0.4) is 0 Å². The summed E-state index contributed by atoms with van der Waals surface area (Å²) >= 11 is 15.0. The molecule has 0 radical (unpaired) electrons. The number of aromatic nitrogens is 2. The zero-order chi connectivity index (χ0) is 13.4. The summed E-state index contributed by atoms with van der Waals surface area (Å²) in [6.45, 7) is 1.53. The van der Waals surface area contributed by atoms with Crippen LogP contribution in [0.25, 0.3) is 5.69 Å². The van der Waals surface area contributed by atoms with Gasteiger partial charge in [0.25, 0.3) is 5.56 Å². The topological polar surface area (TPSA) is 54.9 Å². The standard InChI is InChI=1S/C11H7BrCl2N2O2/c1-5-9(14)15-11(18)16(10(5)17)8-3-2-6(12)4-7(8)13/h2-4H,1H3,(H,15,18). The lowest BCUT2D eigenvalue weighted by Crippen LogP contribution is -2.35. The van der Waals surface area contributed by atoms with Crippen LogP contribution in [-0.4, -0.2) is 9.55 Å². The van der Waals surface area contributed by atoms with Crippen LogP contribution in [0, 0.1) is 6.92 Å². The summed E-state index contributed by atoms with van der Waals surface area (Å²) in [4.78, 5) is 26.2. The number of aromatic amines is 1. The summed E-state index contributed by atoms with van der Waals surface area (Å²) in [5.74, 6) is 0. The minimum atomic E-state index is -0.625. The summed E-state index contributed by atoms with van der Waals surface area (Å²) in [5.41, 5.74) is -0.547. The van der Waals surface area contributed by atoms with Crippen LogP contribution < -0.4 is 11.2 Å². The van der Waals surface area contributed by atoms with Crippen molar-refractivity contribution < 1.29 is 0 Å². The number of nitrogens with zero attached hydrogens (tertiary/aromatic N) is 1. The second kappa shape index (κ2) is 4.91. The highest BCUT2D eigenvalue weighted by Gasteiger charge is 2.13. The second-order valence-corrected chi connectivity index (χ2v) is 5.31. The first-order valence-corrected chi connectivity index (χ1v) is 6.43. The van der Waals surface area contributed by atoms with Crippen molar-refractivity contribution in [2.45, 2.75) is 6.92 Å². The average molecular weight is 350 g/mol. The number of rotatable bonds is 1. The molecule has 2 aromatic rings. The molecule has 1 N–H and O–H groups in total. The fraction of sp³-hybridized carbons (Fsp3) is 0.0909. The number of nitrogens with one attached hydrogen (secondary N) is 1. The van der Waals surface area contributed by atoms with Crippen molar-refractivity contribution in [2.75, 3.05) is 0 Å². The van der Waals surface area contributed by atoms with Gasteiger partial charge < -0.3 is 0 Å². The minimum Gasteiger partial charge on any atom is -0.297 e. The molecule has 1 aromatic carbocycles. The average Bonchev–Trinajstić information content (AvgIpc) is 2.29. The van der Waals surface area contributed by atoms with Gasteiger partial charge in [0.1, 0.15) is 5.15 Å². The highest BCUT2D eigenvalue weighted by molar-refractivity contribution is 9.10. The van der Waals surface area contributed by atoms with Gasteiger partial charge in [-0.15, -0.1) is 0 Å². The molecule has 7 heteroatoms. The molecule has 94 valence electrons. The maximum atomic E-state index is 12.0. The predicted octanol–water partition coefficient (Wildman–Crippen LogP) is 2.90. The molecule has 0 aliphatic rings. The molecule has 0 spiro atoms. The second-order valence-electron chi connectivity index (χ2n) is 3.61. The molecule has 0 saturated heterocycles. The van der Waals surface area contributed by atoms with Gasteiger partial charge in [-0.3, -0.25) is 9.78 Å². The molecule has 0 amide bonds. The largest absolute Gasteiger partial charge is 0.334 e. The van der Waals surface area contributed by atoms with Gasteiger partial charge >= 0.3 is 5.69 Å². The lowest BCUT2D eigenvalue weighted by molar-refractivity contribution is 0.860. The quantitative estimate of drug-likeness (QED) is 0.805. The van der Waals surface area contributed by atoms with Crippen molar-refractivity contribution in [3.8, 4) is 5.69 Å². The van der Waals surface area contributed by atoms with Gasteiger partial charge in [0.2, 0.25) is 0 Å². The maximum Gasteiger partial charge on any atom is 0.334 e. The third kappa shape index (κ3) is 2.25. The van der Waals surface area contributed by atoms with Crippen LogP contribution >= 0.6 is 39.1 Å². The van der Waals surface area contributed by atoms with Crippen LogP contribution in [0.4, 0.5) is 0 Å². The zero-order valence-electron chi connectivity index (χ0n) is 9.13. The van der Waals surface area contributed by atoms with E-state index in [1.165, 1.54) is 6.92 Å². The van der Waals surface area contributed by atoms with E-state index in [4.69, 9.17) is 23.2 Å².